The third-order valence-corrected chi connectivity index (χ3v) is 3.61. The summed E-state index contributed by atoms with van der Waals surface area (Å²) >= 11 is 0. The fraction of sp³-hybridized carbons (Fsp3) is 1.00. The van der Waals surface area contributed by atoms with Gasteiger partial charge in [0.1, 0.15) is 0 Å². The minimum Gasteiger partial charge on any atom is -0.253 e. The smallest absolute Gasteiger partial charge is 0.0441 e. The molecule has 1 N–H and O–H groups in total. The van der Waals surface area contributed by atoms with E-state index < -0.39 is 9.73 Å². The lowest BCUT2D eigenvalue weighted by Crippen LogP contribution is -2.20. The summed E-state index contributed by atoms with van der Waals surface area (Å²) < 4.78 is 18.2. The van der Waals surface area contributed by atoms with Gasteiger partial charge in [0, 0.05) is 21.2 Å². The Morgan fingerprint density at radius 2 is 1.67 bits per heavy atom. The lowest BCUT2D eigenvalue weighted by atomic mass is 10.2. The first-order valence-corrected chi connectivity index (χ1v) is 5.11. The topological polar surface area (TPSA) is 40.9 Å². The van der Waals surface area contributed by atoms with Crippen LogP contribution in [-0.2, 0) is 9.73 Å². The molecule has 0 aliphatic carbocycles. The van der Waals surface area contributed by atoms with Crippen molar-refractivity contribution >= 4 is 9.73 Å². The molecule has 2 nitrogen and oxygen atoms in total. The van der Waals surface area contributed by atoms with Crippen molar-refractivity contribution in [2.75, 3.05) is 6.26 Å². The van der Waals surface area contributed by atoms with Gasteiger partial charge in [-0.25, -0.2) is 4.21 Å². The van der Waals surface area contributed by atoms with Gasteiger partial charge in [0.05, 0.1) is 0 Å². The summed E-state index contributed by atoms with van der Waals surface area (Å²) in [6.07, 6.45) is 1.50. The molecule has 0 radical (unpaired) electrons. The fourth-order valence-electron chi connectivity index (χ4n) is 0.519. The highest BCUT2D eigenvalue weighted by Gasteiger charge is 2.14. The van der Waals surface area contributed by atoms with Gasteiger partial charge in [-0.1, -0.05) is 13.8 Å². The molecule has 2 atom stereocenters. The van der Waals surface area contributed by atoms with Crippen LogP contribution < -0.4 is 0 Å². The van der Waals surface area contributed by atoms with Crippen molar-refractivity contribution in [3.05, 3.63) is 0 Å². The van der Waals surface area contributed by atoms with Crippen LogP contribution >= 0.6 is 0 Å². The van der Waals surface area contributed by atoms with Gasteiger partial charge < -0.3 is 0 Å². The molecule has 0 saturated heterocycles. The van der Waals surface area contributed by atoms with E-state index in [1.165, 1.54) is 6.26 Å². The molecule has 9 heavy (non-hydrogen) atoms. The Morgan fingerprint density at radius 3 is 1.67 bits per heavy atom. The molecule has 0 heterocycles. The van der Waals surface area contributed by atoms with Crippen LogP contribution in [0.2, 0.25) is 0 Å². The molecule has 2 unspecified atom stereocenters. The van der Waals surface area contributed by atoms with Crippen LogP contribution in [0.5, 0.6) is 0 Å². The molecular weight excluding hydrogens is 134 g/mol. The fourth-order valence-corrected chi connectivity index (χ4v) is 1.56. The van der Waals surface area contributed by atoms with E-state index in [0.29, 0.717) is 5.92 Å². The molecule has 56 valence electrons. The Balaban J connectivity index is 4.24. The average Bonchev–Trinajstić information content (AvgIpc) is 1.62. The lowest BCUT2D eigenvalue weighted by molar-refractivity contribution is 0.601. The van der Waals surface area contributed by atoms with E-state index in [9.17, 15) is 4.21 Å². The summed E-state index contributed by atoms with van der Waals surface area (Å²) in [5.74, 6) is 0.347. The molecule has 0 aliphatic rings. The molecule has 0 spiro atoms. The maximum atomic E-state index is 11.0. The van der Waals surface area contributed by atoms with Crippen LogP contribution in [-0.4, -0.2) is 15.7 Å². The normalized spacial score (nSPS) is 21.4. The third kappa shape index (κ3) is 2.84. The second-order valence-corrected chi connectivity index (χ2v) is 5.40. The maximum absolute atomic E-state index is 11.0. The molecule has 0 aromatic carbocycles. The highest BCUT2D eigenvalue weighted by atomic mass is 32.2. The summed E-state index contributed by atoms with van der Waals surface area (Å²) in [5, 5.41) is 0.0116. The van der Waals surface area contributed by atoms with E-state index in [0.717, 1.165) is 0 Å². The van der Waals surface area contributed by atoms with Crippen LogP contribution in [0.3, 0.4) is 0 Å². The summed E-state index contributed by atoms with van der Waals surface area (Å²) in [6, 6.07) is 0. The number of nitrogens with one attached hydrogen (secondary N) is 1. The van der Waals surface area contributed by atoms with Crippen molar-refractivity contribution in [3.8, 4) is 0 Å². The summed E-state index contributed by atoms with van der Waals surface area (Å²) in [7, 11) is -2.30. The second-order valence-electron chi connectivity index (χ2n) is 2.85. The molecule has 0 bridgehead atoms. The molecule has 0 aliphatic heterocycles. The minimum atomic E-state index is -2.30. The van der Waals surface area contributed by atoms with Gasteiger partial charge in [0.25, 0.3) is 0 Å². The minimum absolute atomic E-state index is 0.0116. The monoisotopic (exact) mass is 149 g/mol. The second kappa shape index (κ2) is 2.69. The zero-order valence-corrected chi connectivity index (χ0v) is 7.29. The average molecular weight is 149 g/mol. The van der Waals surface area contributed by atoms with Gasteiger partial charge in [0.2, 0.25) is 0 Å². The first-order chi connectivity index (χ1) is 3.85. The van der Waals surface area contributed by atoms with Gasteiger partial charge in [-0.05, 0) is 12.8 Å². The molecule has 0 fully saturated rings. The predicted octanol–water partition coefficient (Wildman–Crippen LogP) is 1.71. The van der Waals surface area contributed by atoms with E-state index in [4.69, 9.17) is 4.78 Å². The van der Waals surface area contributed by atoms with Gasteiger partial charge in [-0.3, -0.25) is 4.78 Å². The van der Waals surface area contributed by atoms with Crippen molar-refractivity contribution in [1.29, 1.82) is 4.78 Å². The van der Waals surface area contributed by atoms with Gasteiger partial charge in [-0.2, -0.15) is 0 Å². The van der Waals surface area contributed by atoms with Crippen LogP contribution in [0.1, 0.15) is 20.8 Å². The summed E-state index contributed by atoms with van der Waals surface area (Å²) in [4.78, 5) is 0. The van der Waals surface area contributed by atoms with E-state index in [1.54, 1.807) is 0 Å². The lowest BCUT2D eigenvalue weighted by Gasteiger charge is -2.14. The van der Waals surface area contributed by atoms with E-state index >= 15 is 0 Å². The summed E-state index contributed by atoms with van der Waals surface area (Å²) in [6.45, 7) is 5.84. The van der Waals surface area contributed by atoms with E-state index in [2.05, 4.69) is 0 Å². The largest absolute Gasteiger partial charge is 0.253 e. The van der Waals surface area contributed by atoms with Crippen LogP contribution in [0.4, 0.5) is 0 Å². The number of hydrogen-bond donors (Lipinski definition) is 1. The van der Waals surface area contributed by atoms with Gasteiger partial charge >= 0.3 is 0 Å². The number of rotatable bonds is 2. The first kappa shape index (κ1) is 8.95. The molecular formula is C6H15NOS. The Kier molecular flexibility index (Phi) is 2.67. The third-order valence-electron chi connectivity index (χ3n) is 1.65. The van der Waals surface area contributed by atoms with Gasteiger partial charge in [-0.15, -0.1) is 0 Å². The SMILES string of the molecule is CC(C)C(C)S(C)(=N)=O. The van der Waals surface area contributed by atoms with Crippen molar-refractivity contribution in [3.63, 3.8) is 0 Å². The molecule has 3 heteroatoms. The Bertz CT molecular complexity index is 169. The van der Waals surface area contributed by atoms with Crippen LogP contribution in [0, 0.1) is 10.7 Å². The van der Waals surface area contributed by atoms with Crippen molar-refractivity contribution in [1.82, 2.24) is 0 Å². The van der Waals surface area contributed by atoms with E-state index in [1.807, 2.05) is 20.8 Å². The van der Waals surface area contributed by atoms with Crippen molar-refractivity contribution in [2.24, 2.45) is 5.92 Å². The molecule has 0 saturated carbocycles. The van der Waals surface area contributed by atoms with Gasteiger partial charge in [0.15, 0.2) is 0 Å². The van der Waals surface area contributed by atoms with Crippen LogP contribution in [0.25, 0.3) is 0 Å². The Hall–Kier alpha value is -0.0500. The Labute approximate surface area is 57.6 Å². The Morgan fingerprint density at radius 1 is 1.33 bits per heavy atom. The highest BCUT2D eigenvalue weighted by molar-refractivity contribution is 7.92. The predicted molar refractivity (Wildman–Crippen MR) is 41.1 cm³/mol. The standard InChI is InChI=1S/C6H15NOS/c1-5(2)6(3)9(4,7)8/h5-7H,1-4H3. The van der Waals surface area contributed by atoms with Crippen molar-refractivity contribution < 1.29 is 4.21 Å². The van der Waals surface area contributed by atoms with E-state index in [-0.39, 0.29) is 5.25 Å². The zero-order valence-electron chi connectivity index (χ0n) is 6.47. The van der Waals surface area contributed by atoms with Crippen LogP contribution in [0.15, 0.2) is 0 Å². The maximum Gasteiger partial charge on any atom is 0.0441 e. The quantitative estimate of drug-likeness (QED) is 0.638. The zero-order chi connectivity index (χ0) is 7.65. The molecule has 0 aromatic rings. The number of hydrogen-bond acceptors (Lipinski definition) is 2. The first-order valence-electron chi connectivity index (χ1n) is 3.08. The van der Waals surface area contributed by atoms with Crippen molar-refractivity contribution in [2.45, 2.75) is 26.0 Å². The molecule has 0 amide bonds. The molecule has 0 aromatic heterocycles. The highest BCUT2D eigenvalue weighted by Crippen LogP contribution is 2.09. The summed E-state index contributed by atoms with van der Waals surface area (Å²) in [5.41, 5.74) is 0. The molecule has 0 rings (SSSR count).